The minimum atomic E-state index is -3.57. The van der Waals surface area contributed by atoms with E-state index in [9.17, 15) is 16.8 Å². The van der Waals surface area contributed by atoms with Crippen molar-refractivity contribution in [3.63, 3.8) is 0 Å². The second-order valence-corrected chi connectivity index (χ2v) is 10.9. The maximum atomic E-state index is 11.3. The van der Waals surface area contributed by atoms with E-state index >= 15 is 0 Å². The Morgan fingerprint density at radius 2 is 0.857 bits per heavy atom. The summed E-state index contributed by atoms with van der Waals surface area (Å²) in [6.07, 6.45) is 2.00. The monoisotopic (exact) mass is 510 g/mol. The fourth-order valence-electron chi connectivity index (χ4n) is 3.35. The van der Waals surface area contributed by atoms with Gasteiger partial charge in [-0.3, -0.25) is 0 Å². The van der Waals surface area contributed by atoms with Crippen molar-refractivity contribution in [1.29, 1.82) is 0 Å². The first-order chi connectivity index (χ1) is 16.5. The van der Waals surface area contributed by atoms with Crippen LogP contribution < -0.4 is 13.1 Å². The first kappa shape index (κ1) is 24.3. The molecule has 0 fully saturated rings. The predicted octanol–water partition coefficient (Wildman–Crippen LogP) is 5.49. The van der Waals surface area contributed by atoms with Crippen molar-refractivity contribution in [2.75, 3.05) is 12.5 Å². The van der Waals surface area contributed by atoms with Crippen molar-refractivity contribution in [3.8, 4) is 45.3 Å². The van der Waals surface area contributed by atoms with Gasteiger partial charge in [-0.25, -0.2) is 0 Å². The third kappa shape index (κ3) is 7.08. The number of ether oxygens (including phenoxy) is 1. The molecule has 0 aliphatic heterocycles. The first-order valence-electron chi connectivity index (χ1n) is 10.4. The normalized spacial score (nSPS) is 11.6. The molecular weight excluding hydrogens is 488 g/mol. The van der Waals surface area contributed by atoms with Crippen molar-refractivity contribution in [2.45, 2.75) is 0 Å². The molecule has 9 heteroatoms. The molecule has 4 rings (SSSR count). The highest BCUT2D eigenvalue weighted by Gasteiger charge is 2.07. The molecule has 0 N–H and O–H groups in total. The molecule has 4 aromatic carbocycles. The molecular formula is C26H22O7S2. The molecule has 7 nitrogen and oxygen atoms in total. The molecule has 0 saturated heterocycles. The van der Waals surface area contributed by atoms with Gasteiger partial charge in [-0.1, -0.05) is 48.5 Å². The van der Waals surface area contributed by atoms with Crippen LogP contribution in [0.5, 0.6) is 23.0 Å². The van der Waals surface area contributed by atoms with Crippen molar-refractivity contribution in [3.05, 3.63) is 97.1 Å². The maximum Gasteiger partial charge on any atom is 0.306 e. The van der Waals surface area contributed by atoms with Crippen molar-refractivity contribution in [1.82, 2.24) is 0 Å². The molecule has 180 valence electrons. The van der Waals surface area contributed by atoms with Crippen LogP contribution in [0, 0.1) is 0 Å². The van der Waals surface area contributed by atoms with E-state index in [1.807, 2.05) is 48.5 Å². The Bertz CT molecular complexity index is 1530. The molecule has 0 heterocycles. The van der Waals surface area contributed by atoms with Gasteiger partial charge in [0.05, 0.1) is 12.5 Å². The van der Waals surface area contributed by atoms with Gasteiger partial charge in [-0.15, -0.1) is 0 Å². The summed E-state index contributed by atoms with van der Waals surface area (Å²) in [7, 11) is -7.14. The maximum absolute atomic E-state index is 11.3. The second kappa shape index (κ2) is 9.81. The van der Waals surface area contributed by atoms with Crippen LogP contribution in [-0.2, 0) is 20.2 Å². The highest BCUT2D eigenvalue weighted by atomic mass is 32.2. The lowest BCUT2D eigenvalue weighted by atomic mass is 10.1. The van der Waals surface area contributed by atoms with E-state index in [0.717, 1.165) is 34.8 Å². The Kier molecular flexibility index (Phi) is 6.81. The van der Waals surface area contributed by atoms with Gasteiger partial charge in [0.1, 0.15) is 23.0 Å². The Morgan fingerprint density at radius 3 is 1.29 bits per heavy atom. The number of hydrogen-bond donors (Lipinski definition) is 0. The summed E-state index contributed by atoms with van der Waals surface area (Å²) in [5, 5.41) is 0. The highest BCUT2D eigenvalue weighted by molar-refractivity contribution is 7.86. The zero-order valence-electron chi connectivity index (χ0n) is 18.9. The van der Waals surface area contributed by atoms with Crippen LogP contribution in [0.3, 0.4) is 0 Å². The highest BCUT2D eigenvalue weighted by Crippen LogP contribution is 2.30. The largest absolute Gasteiger partial charge is 0.457 e. The summed E-state index contributed by atoms with van der Waals surface area (Å²) in [5.74, 6) is 1.81. The van der Waals surface area contributed by atoms with Gasteiger partial charge in [0.2, 0.25) is 0 Å². The van der Waals surface area contributed by atoms with Crippen LogP contribution >= 0.6 is 0 Å². The molecule has 0 aliphatic rings. The number of benzene rings is 4. The molecule has 0 saturated carbocycles. The molecule has 0 unspecified atom stereocenters. The third-order valence-corrected chi connectivity index (χ3v) is 5.78. The van der Waals surface area contributed by atoms with Crippen LogP contribution in [0.25, 0.3) is 22.3 Å². The lowest BCUT2D eigenvalue weighted by Gasteiger charge is -2.10. The average molecular weight is 511 g/mol. The van der Waals surface area contributed by atoms with Crippen LogP contribution in [-0.4, -0.2) is 29.3 Å². The van der Waals surface area contributed by atoms with Gasteiger partial charge in [0.15, 0.2) is 0 Å². The van der Waals surface area contributed by atoms with Crippen molar-refractivity contribution >= 4 is 20.2 Å². The minimum Gasteiger partial charge on any atom is -0.457 e. The predicted molar refractivity (Wildman–Crippen MR) is 135 cm³/mol. The van der Waals surface area contributed by atoms with Crippen molar-refractivity contribution in [2.24, 2.45) is 0 Å². The fourth-order valence-corrected chi connectivity index (χ4v) is 4.27. The number of hydrogen-bond acceptors (Lipinski definition) is 7. The van der Waals surface area contributed by atoms with E-state index in [-0.39, 0.29) is 11.5 Å². The zero-order chi connectivity index (χ0) is 25.1. The summed E-state index contributed by atoms with van der Waals surface area (Å²) in [5.41, 5.74) is 3.63. The van der Waals surface area contributed by atoms with Crippen molar-refractivity contribution < 1.29 is 29.9 Å². The van der Waals surface area contributed by atoms with E-state index in [0.29, 0.717) is 11.5 Å². The molecule has 4 aromatic rings. The topological polar surface area (TPSA) is 96.0 Å². The van der Waals surface area contributed by atoms with E-state index in [2.05, 4.69) is 0 Å². The number of rotatable bonds is 8. The van der Waals surface area contributed by atoms with E-state index < -0.39 is 20.2 Å². The lowest BCUT2D eigenvalue weighted by molar-refractivity contribution is 0.483. The van der Waals surface area contributed by atoms with Gasteiger partial charge in [-0.05, 0) is 70.8 Å². The Balaban J connectivity index is 1.45. The minimum absolute atomic E-state index is 0.251. The van der Waals surface area contributed by atoms with Crippen LogP contribution in [0.15, 0.2) is 97.1 Å². The van der Waals surface area contributed by atoms with Crippen LogP contribution in [0.2, 0.25) is 0 Å². The summed E-state index contributed by atoms with van der Waals surface area (Å²) in [6.45, 7) is 0. The fraction of sp³-hybridized carbons (Fsp3) is 0.0769. The molecule has 0 atom stereocenters. The van der Waals surface area contributed by atoms with Gasteiger partial charge in [0.25, 0.3) is 0 Å². The Hall–Kier alpha value is -3.82. The molecule has 35 heavy (non-hydrogen) atoms. The Morgan fingerprint density at radius 1 is 0.457 bits per heavy atom. The van der Waals surface area contributed by atoms with E-state index in [4.69, 9.17) is 13.1 Å². The molecule has 0 aliphatic carbocycles. The van der Waals surface area contributed by atoms with Gasteiger partial charge >= 0.3 is 20.2 Å². The summed E-state index contributed by atoms with van der Waals surface area (Å²) in [4.78, 5) is 0. The van der Waals surface area contributed by atoms with Crippen LogP contribution in [0.4, 0.5) is 0 Å². The van der Waals surface area contributed by atoms with Crippen LogP contribution in [0.1, 0.15) is 0 Å². The molecule has 0 aromatic heterocycles. The lowest BCUT2D eigenvalue weighted by Crippen LogP contribution is -2.05. The standard InChI is InChI=1S/C26H22O7S2/c1-34(27,28)32-24-14-8-20(9-15-24)19-6-12-23(13-7-19)31-26-5-3-4-22(18-26)21-10-16-25(17-11-21)33-35(2,29)30/h3-18H,1-2H3. The van der Waals surface area contributed by atoms with E-state index in [1.165, 1.54) is 0 Å². The SMILES string of the molecule is CS(=O)(=O)Oc1ccc(-c2ccc(Oc3cccc(-c4ccc(OS(C)(=O)=O)cc4)c3)cc2)cc1. The quantitative estimate of drug-likeness (QED) is 0.289. The smallest absolute Gasteiger partial charge is 0.306 e. The average Bonchev–Trinajstić information content (AvgIpc) is 2.79. The molecule has 0 amide bonds. The first-order valence-corrected chi connectivity index (χ1v) is 14.1. The van der Waals surface area contributed by atoms with Gasteiger partial charge in [-0.2, -0.15) is 16.8 Å². The summed E-state index contributed by atoms with van der Waals surface area (Å²) < 4.78 is 60.8. The molecule has 0 spiro atoms. The Labute approximate surface area is 204 Å². The zero-order valence-corrected chi connectivity index (χ0v) is 20.5. The second-order valence-electron chi connectivity index (χ2n) is 7.78. The summed E-state index contributed by atoms with van der Waals surface area (Å²) >= 11 is 0. The van der Waals surface area contributed by atoms with E-state index in [1.54, 1.807) is 48.5 Å². The molecule has 0 bridgehead atoms. The van der Waals surface area contributed by atoms with Gasteiger partial charge < -0.3 is 13.1 Å². The van der Waals surface area contributed by atoms with Gasteiger partial charge in [0, 0.05) is 0 Å². The summed E-state index contributed by atoms with van der Waals surface area (Å²) in [6, 6.07) is 28.6. The molecule has 0 radical (unpaired) electrons. The third-order valence-electron chi connectivity index (χ3n) is 4.79.